The summed E-state index contributed by atoms with van der Waals surface area (Å²) >= 11 is 0. The number of carbonyl (C=O) groups is 1. The molecule has 1 heterocycles. The fraction of sp³-hybridized carbons (Fsp3) is 0.929. The topological polar surface area (TPSA) is 32.3 Å². The fourth-order valence-corrected chi connectivity index (χ4v) is 3.11. The van der Waals surface area contributed by atoms with Crippen LogP contribution in [0.3, 0.4) is 0 Å². The molecular weight excluding hydrogens is 212 g/mol. The molecule has 0 bridgehead atoms. The molecule has 98 valence electrons. The molecule has 0 aromatic carbocycles. The highest BCUT2D eigenvalue weighted by atomic mass is 16.2. The van der Waals surface area contributed by atoms with Gasteiger partial charge in [-0.05, 0) is 38.5 Å². The average Bonchev–Trinajstić information content (AvgIpc) is 2.50. The summed E-state index contributed by atoms with van der Waals surface area (Å²) in [6, 6.07) is 0.449. The van der Waals surface area contributed by atoms with Crippen LogP contribution < -0.4 is 5.32 Å². The molecule has 17 heavy (non-hydrogen) atoms. The third-order valence-corrected chi connectivity index (χ3v) is 4.84. The Kier molecular flexibility index (Phi) is 3.76. The Bertz CT molecular complexity index is 288. The van der Waals surface area contributed by atoms with Gasteiger partial charge in [-0.1, -0.05) is 26.7 Å². The first kappa shape index (κ1) is 12.9. The maximum Gasteiger partial charge on any atom is 0.241 e. The van der Waals surface area contributed by atoms with Gasteiger partial charge >= 0.3 is 0 Å². The molecule has 1 N–H and O–H groups in total. The molecule has 0 spiro atoms. The van der Waals surface area contributed by atoms with E-state index in [9.17, 15) is 4.79 Å². The van der Waals surface area contributed by atoms with Gasteiger partial charge in [0.2, 0.25) is 5.91 Å². The van der Waals surface area contributed by atoms with Crippen LogP contribution in [0.4, 0.5) is 0 Å². The lowest BCUT2D eigenvalue weighted by Gasteiger charge is -2.39. The van der Waals surface area contributed by atoms with Crippen LogP contribution in [0.5, 0.6) is 0 Å². The summed E-state index contributed by atoms with van der Waals surface area (Å²) in [5.74, 6) is 1.49. The van der Waals surface area contributed by atoms with Crippen LogP contribution in [0.15, 0.2) is 0 Å². The van der Waals surface area contributed by atoms with Gasteiger partial charge in [-0.2, -0.15) is 0 Å². The summed E-state index contributed by atoms with van der Waals surface area (Å²) in [6.45, 7) is 8.66. The Labute approximate surface area is 105 Å². The number of rotatable bonds is 4. The number of nitrogens with one attached hydrogen (secondary N) is 1. The zero-order chi connectivity index (χ0) is 12.6. The lowest BCUT2D eigenvalue weighted by Crippen LogP contribution is -2.47. The molecule has 0 aromatic rings. The van der Waals surface area contributed by atoms with Crippen molar-refractivity contribution in [3.8, 4) is 0 Å². The van der Waals surface area contributed by atoms with E-state index < -0.39 is 0 Å². The normalized spacial score (nSPS) is 33.6. The third kappa shape index (κ3) is 2.22. The highest BCUT2D eigenvalue weighted by Gasteiger charge is 2.43. The minimum absolute atomic E-state index is 0.0394. The first-order valence-electron chi connectivity index (χ1n) is 7.14. The third-order valence-electron chi connectivity index (χ3n) is 4.84. The largest absolute Gasteiger partial charge is 0.323 e. The number of hydrogen-bond donors (Lipinski definition) is 1. The maximum atomic E-state index is 12.5. The summed E-state index contributed by atoms with van der Waals surface area (Å²) in [5.41, 5.74) is 0. The average molecular weight is 238 g/mol. The molecule has 1 aliphatic heterocycles. The lowest BCUT2D eigenvalue weighted by atomic mass is 9.79. The van der Waals surface area contributed by atoms with Crippen molar-refractivity contribution in [1.82, 2.24) is 10.2 Å². The molecule has 0 radical (unpaired) electrons. The predicted octanol–water partition coefficient (Wildman–Crippen LogP) is 2.37. The smallest absolute Gasteiger partial charge is 0.241 e. The lowest BCUT2D eigenvalue weighted by molar-refractivity contribution is -0.134. The standard InChI is InChI=1S/C14H26N2O/c1-5-9(2)13-14(17)16(11(4)15-13)10(3)12-7-6-8-12/h9-13,15H,5-8H2,1-4H3. The highest BCUT2D eigenvalue weighted by molar-refractivity contribution is 5.84. The molecule has 1 aliphatic carbocycles. The Morgan fingerprint density at radius 3 is 2.53 bits per heavy atom. The Morgan fingerprint density at radius 1 is 1.41 bits per heavy atom. The second-order valence-electron chi connectivity index (χ2n) is 5.88. The summed E-state index contributed by atoms with van der Waals surface area (Å²) in [5, 5.41) is 3.46. The molecule has 2 aliphatic rings. The van der Waals surface area contributed by atoms with Gasteiger partial charge in [-0.15, -0.1) is 0 Å². The number of hydrogen-bond acceptors (Lipinski definition) is 2. The van der Waals surface area contributed by atoms with Crippen molar-refractivity contribution < 1.29 is 4.79 Å². The fourth-order valence-electron chi connectivity index (χ4n) is 3.11. The molecule has 1 amide bonds. The summed E-state index contributed by atoms with van der Waals surface area (Å²) < 4.78 is 0. The maximum absolute atomic E-state index is 12.5. The van der Waals surface area contributed by atoms with E-state index >= 15 is 0 Å². The number of nitrogens with zero attached hydrogens (tertiary/aromatic N) is 1. The van der Waals surface area contributed by atoms with Crippen molar-refractivity contribution in [2.75, 3.05) is 0 Å². The molecule has 2 rings (SSSR count). The van der Waals surface area contributed by atoms with Crippen LogP contribution in [0.25, 0.3) is 0 Å². The molecule has 4 atom stereocenters. The van der Waals surface area contributed by atoms with E-state index in [0.29, 0.717) is 17.9 Å². The van der Waals surface area contributed by atoms with E-state index in [4.69, 9.17) is 0 Å². The van der Waals surface area contributed by atoms with Gasteiger partial charge in [-0.25, -0.2) is 0 Å². The zero-order valence-corrected chi connectivity index (χ0v) is 11.6. The van der Waals surface area contributed by atoms with Crippen molar-refractivity contribution in [2.45, 2.75) is 71.6 Å². The monoisotopic (exact) mass is 238 g/mol. The first-order chi connectivity index (χ1) is 8.06. The van der Waals surface area contributed by atoms with Gasteiger partial charge in [0, 0.05) is 6.04 Å². The Morgan fingerprint density at radius 2 is 2.06 bits per heavy atom. The van der Waals surface area contributed by atoms with Crippen molar-refractivity contribution in [1.29, 1.82) is 0 Å². The van der Waals surface area contributed by atoms with Crippen LogP contribution in [0.2, 0.25) is 0 Å². The van der Waals surface area contributed by atoms with Gasteiger partial charge in [0.15, 0.2) is 0 Å². The second-order valence-corrected chi connectivity index (χ2v) is 5.88. The molecule has 1 saturated carbocycles. The molecule has 3 nitrogen and oxygen atoms in total. The quantitative estimate of drug-likeness (QED) is 0.815. The number of carbonyl (C=O) groups excluding carboxylic acids is 1. The van der Waals surface area contributed by atoms with Crippen molar-refractivity contribution in [3.63, 3.8) is 0 Å². The van der Waals surface area contributed by atoms with Crippen molar-refractivity contribution in [2.24, 2.45) is 11.8 Å². The summed E-state index contributed by atoms with van der Waals surface area (Å²) in [4.78, 5) is 14.6. The van der Waals surface area contributed by atoms with Gasteiger partial charge in [-0.3, -0.25) is 10.1 Å². The Hall–Kier alpha value is -0.570. The van der Waals surface area contributed by atoms with Crippen LogP contribution in [0, 0.1) is 11.8 Å². The predicted molar refractivity (Wildman–Crippen MR) is 69.5 cm³/mol. The van der Waals surface area contributed by atoms with Gasteiger partial charge in [0.1, 0.15) is 0 Å². The first-order valence-corrected chi connectivity index (χ1v) is 7.14. The summed E-state index contributed by atoms with van der Waals surface area (Å²) in [6.07, 6.45) is 5.20. The highest BCUT2D eigenvalue weighted by Crippen LogP contribution is 2.34. The van der Waals surface area contributed by atoms with Crippen LogP contribution in [-0.2, 0) is 4.79 Å². The minimum atomic E-state index is 0.0394. The van der Waals surface area contributed by atoms with E-state index in [-0.39, 0.29) is 12.2 Å². The van der Waals surface area contributed by atoms with E-state index in [2.05, 4.69) is 37.9 Å². The zero-order valence-electron chi connectivity index (χ0n) is 11.6. The Balaban J connectivity index is 2.05. The number of amides is 1. The van der Waals surface area contributed by atoms with E-state index in [1.807, 2.05) is 0 Å². The van der Waals surface area contributed by atoms with E-state index in [1.165, 1.54) is 19.3 Å². The molecule has 0 aromatic heterocycles. The second kappa shape index (κ2) is 4.97. The molecule has 2 fully saturated rings. The van der Waals surface area contributed by atoms with Crippen molar-refractivity contribution >= 4 is 5.91 Å². The van der Waals surface area contributed by atoms with Crippen LogP contribution in [-0.4, -0.2) is 29.1 Å². The van der Waals surface area contributed by atoms with Crippen LogP contribution in [0.1, 0.15) is 53.4 Å². The van der Waals surface area contributed by atoms with Crippen molar-refractivity contribution in [3.05, 3.63) is 0 Å². The molecule has 3 heteroatoms. The molecule has 1 saturated heterocycles. The molecule has 4 unspecified atom stereocenters. The van der Waals surface area contributed by atoms with E-state index in [1.54, 1.807) is 0 Å². The van der Waals surface area contributed by atoms with E-state index in [0.717, 1.165) is 12.3 Å². The van der Waals surface area contributed by atoms with Gasteiger partial charge in [0.05, 0.1) is 12.2 Å². The minimum Gasteiger partial charge on any atom is -0.323 e. The summed E-state index contributed by atoms with van der Waals surface area (Å²) in [7, 11) is 0. The molecular formula is C14H26N2O. The van der Waals surface area contributed by atoms with Gasteiger partial charge in [0.25, 0.3) is 0 Å². The SMILES string of the molecule is CCC(C)C1NC(C)N(C(C)C2CCC2)C1=O. The van der Waals surface area contributed by atoms with Crippen LogP contribution >= 0.6 is 0 Å². The van der Waals surface area contributed by atoms with Gasteiger partial charge < -0.3 is 4.90 Å².